The van der Waals surface area contributed by atoms with Crippen molar-refractivity contribution < 1.29 is 31.2 Å². The summed E-state index contributed by atoms with van der Waals surface area (Å²) in [6.07, 6.45) is -2.95. The summed E-state index contributed by atoms with van der Waals surface area (Å²) >= 11 is 0. The van der Waals surface area contributed by atoms with Crippen molar-refractivity contribution in [1.29, 1.82) is 0 Å². The van der Waals surface area contributed by atoms with E-state index in [1.54, 1.807) is 19.1 Å². The van der Waals surface area contributed by atoms with E-state index in [9.17, 15) is 31.2 Å². The molecular weight excluding hydrogens is 507 g/mol. The fourth-order valence-corrected chi connectivity index (χ4v) is 4.62. The minimum atomic E-state index is -4.69. The predicted octanol–water partition coefficient (Wildman–Crippen LogP) is 4.50. The van der Waals surface area contributed by atoms with Gasteiger partial charge in [0, 0.05) is 12.6 Å². The normalized spacial score (nSPS) is 13.5. The number of amides is 2. The third kappa shape index (κ3) is 8.21. The Kier molecular flexibility index (Phi) is 10.1. The zero-order valence-electron chi connectivity index (χ0n) is 21.7. The third-order valence-electron chi connectivity index (χ3n) is 6.13. The largest absolute Gasteiger partial charge is 0.416 e. The number of nitrogens with zero attached hydrogens (tertiary/aromatic N) is 2. The number of anilines is 1. The van der Waals surface area contributed by atoms with Crippen molar-refractivity contribution in [2.45, 2.75) is 65.3 Å². The van der Waals surface area contributed by atoms with Crippen molar-refractivity contribution >= 4 is 27.5 Å². The average Bonchev–Trinajstić information content (AvgIpc) is 2.82. The summed E-state index contributed by atoms with van der Waals surface area (Å²) < 4.78 is 65.7. The Morgan fingerprint density at radius 3 is 2.22 bits per heavy atom. The second kappa shape index (κ2) is 12.4. The summed E-state index contributed by atoms with van der Waals surface area (Å²) in [5, 5.41) is 2.87. The molecule has 2 aromatic rings. The van der Waals surface area contributed by atoms with E-state index in [1.165, 1.54) is 11.0 Å². The highest BCUT2D eigenvalue weighted by molar-refractivity contribution is 7.92. The highest BCUT2D eigenvalue weighted by Crippen LogP contribution is 2.32. The zero-order chi connectivity index (χ0) is 28.0. The first-order chi connectivity index (χ1) is 17.2. The molecule has 37 heavy (non-hydrogen) atoms. The maximum Gasteiger partial charge on any atom is 0.416 e. The van der Waals surface area contributed by atoms with Crippen LogP contribution >= 0.6 is 0 Å². The molecule has 11 heteroatoms. The molecule has 0 aliphatic carbocycles. The number of benzene rings is 2. The lowest BCUT2D eigenvalue weighted by Crippen LogP contribution is -2.53. The lowest BCUT2D eigenvalue weighted by molar-refractivity contribution is -0.140. The molecule has 1 N–H and O–H groups in total. The smallest absolute Gasteiger partial charge is 0.352 e. The van der Waals surface area contributed by atoms with Crippen LogP contribution in [0.25, 0.3) is 0 Å². The number of alkyl halides is 3. The van der Waals surface area contributed by atoms with Crippen LogP contribution < -0.4 is 9.62 Å². The van der Waals surface area contributed by atoms with Gasteiger partial charge in [-0.2, -0.15) is 13.2 Å². The van der Waals surface area contributed by atoms with Gasteiger partial charge in [-0.3, -0.25) is 13.9 Å². The molecule has 2 rings (SSSR count). The number of hydrogen-bond donors (Lipinski definition) is 1. The summed E-state index contributed by atoms with van der Waals surface area (Å²) in [6.45, 7) is 6.58. The van der Waals surface area contributed by atoms with Crippen molar-refractivity contribution in [2.24, 2.45) is 0 Å². The Labute approximate surface area is 216 Å². The molecule has 0 aliphatic heterocycles. The molecule has 7 nitrogen and oxygen atoms in total. The molecule has 204 valence electrons. The predicted molar refractivity (Wildman–Crippen MR) is 137 cm³/mol. The topological polar surface area (TPSA) is 86.8 Å². The van der Waals surface area contributed by atoms with Crippen molar-refractivity contribution in [3.63, 3.8) is 0 Å². The van der Waals surface area contributed by atoms with Crippen LogP contribution in [0, 0.1) is 6.92 Å². The molecule has 0 saturated heterocycles. The van der Waals surface area contributed by atoms with Crippen molar-refractivity contribution in [3.05, 3.63) is 65.2 Å². The lowest BCUT2D eigenvalue weighted by atomic mass is 10.1. The van der Waals surface area contributed by atoms with Gasteiger partial charge < -0.3 is 10.2 Å². The van der Waals surface area contributed by atoms with Gasteiger partial charge in [-0.15, -0.1) is 0 Å². The highest BCUT2D eigenvalue weighted by Gasteiger charge is 2.34. The molecular formula is C26H34F3N3O4S. The molecule has 0 spiro atoms. The van der Waals surface area contributed by atoms with Crippen molar-refractivity contribution in [1.82, 2.24) is 10.2 Å². The number of carbonyl (C=O) groups is 2. The van der Waals surface area contributed by atoms with Gasteiger partial charge in [-0.05, 0) is 56.0 Å². The first-order valence-corrected chi connectivity index (χ1v) is 13.8. The van der Waals surface area contributed by atoms with Crippen LogP contribution in [0.3, 0.4) is 0 Å². The van der Waals surface area contributed by atoms with Crippen LogP contribution in [-0.2, 0) is 32.3 Å². The first-order valence-electron chi connectivity index (χ1n) is 12.0. The summed E-state index contributed by atoms with van der Waals surface area (Å²) in [5.41, 5.74) is 0.298. The molecule has 0 unspecified atom stereocenters. The van der Waals surface area contributed by atoms with Gasteiger partial charge in [-0.1, -0.05) is 44.2 Å². The van der Waals surface area contributed by atoms with Crippen molar-refractivity contribution in [2.75, 3.05) is 17.1 Å². The fourth-order valence-electron chi connectivity index (χ4n) is 3.78. The van der Waals surface area contributed by atoms with E-state index >= 15 is 0 Å². The van der Waals surface area contributed by atoms with E-state index in [0.29, 0.717) is 16.8 Å². The van der Waals surface area contributed by atoms with Gasteiger partial charge in [0.1, 0.15) is 12.6 Å². The molecule has 0 fully saturated rings. The number of rotatable bonds is 11. The first kappa shape index (κ1) is 30.1. The molecule has 0 saturated carbocycles. The number of halogens is 3. The van der Waals surface area contributed by atoms with Gasteiger partial charge in [0.2, 0.25) is 21.8 Å². The number of sulfonamides is 1. The van der Waals surface area contributed by atoms with E-state index in [2.05, 4.69) is 5.32 Å². The Balaban J connectivity index is 2.51. The van der Waals surface area contributed by atoms with E-state index in [1.807, 2.05) is 32.9 Å². The average molecular weight is 542 g/mol. The summed E-state index contributed by atoms with van der Waals surface area (Å²) in [5.74, 6) is -1.10. The van der Waals surface area contributed by atoms with Gasteiger partial charge in [0.25, 0.3) is 0 Å². The lowest BCUT2D eigenvalue weighted by Gasteiger charge is -2.33. The maximum atomic E-state index is 13.6. The second-order valence-electron chi connectivity index (χ2n) is 9.01. The van der Waals surface area contributed by atoms with Crippen LogP contribution in [0.4, 0.5) is 18.9 Å². The second-order valence-corrected chi connectivity index (χ2v) is 10.9. The number of carbonyl (C=O) groups excluding carboxylic acids is 2. The van der Waals surface area contributed by atoms with Gasteiger partial charge in [0.05, 0.1) is 17.5 Å². The summed E-state index contributed by atoms with van der Waals surface area (Å²) in [6, 6.07) is 10.0. The summed E-state index contributed by atoms with van der Waals surface area (Å²) in [7, 11) is -4.15. The SMILES string of the molecule is CC[C@H](C)NC(=O)[C@H](CC)N(Cc1ccccc1C)C(=O)CN(c1cccc(C(F)(F)F)c1)S(C)(=O)=O. The van der Waals surface area contributed by atoms with Crippen LogP contribution in [0.5, 0.6) is 0 Å². The van der Waals surface area contributed by atoms with Gasteiger partial charge >= 0.3 is 6.18 Å². The van der Waals surface area contributed by atoms with E-state index in [4.69, 9.17) is 0 Å². The number of nitrogens with one attached hydrogen (secondary N) is 1. The molecule has 0 aromatic heterocycles. The van der Waals surface area contributed by atoms with Crippen molar-refractivity contribution in [3.8, 4) is 0 Å². The van der Waals surface area contributed by atoms with E-state index in [-0.39, 0.29) is 30.6 Å². The minimum absolute atomic E-state index is 0.0259. The maximum absolute atomic E-state index is 13.6. The zero-order valence-corrected chi connectivity index (χ0v) is 22.5. The van der Waals surface area contributed by atoms with Crippen LogP contribution in [0.15, 0.2) is 48.5 Å². The Morgan fingerprint density at radius 1 is 1.03 bits per heavy atom. The monoisotopic (exact) mass is 541 g/mol. The molecule has 2 amide bonds. The Bertz CT molecular complexity index is 1200. The van der Waals surface area contributed by atoms with Crippen LogP contribution in [-0.4, -0.2) is 50.0 Å². The van der Waals surface area contributed by atoms with E-state index < -0.39 is 40.3 Å². The fraction of sp³-hybridized carbons (Fsp3) is 0.462. The van der Waals surface area contributed by atoms with Crippen LogP contribution in [0.2, 0.25) is 0 Å². The molecule has 2 atom stereocenters. The number of aryl methyl sites for hydroxylation is 1. The van der Waals surface area contributed by atoms with Gasteiger partial charge in [-0.25, -0.2) is 8.42 Å². The molecule has 0 bridgehead atoms. The van der Waals surface area contributed by atoms with E-state index in [0.717, 1.165) is 29.5 Å². The summed E-state index contributed by atoms with van der Waals surface area (Å²) in [4.78, 5) is 28.1. The highest BCUT2D eigenvalue weighted by atomic mass is 32.2. The van der Waals surface area contributed by atoms with Gasteiger partial charge in [0.15, 0.2) is 0 Å². The quantitative estimate of drug-likeness (QED) is 0.454. The molecule has 0 heterocycles. The third-order valence-corrected chi connectivity index (χ3v) is 7.27. The standard InChI is InChI=1S/C26H34F3N3O4S/c1-6-19(4)30-25(34)23(7-2)31(16-20-12-9-8-11-18(20)3)24(33)17-32(37(5,35)36)22-14-10-13-21(15-22)26(27,28)29/h8-15,19,23H,6-7,16-17H2,1-5H3,(H,30,34)/t19-,23-/m0/s1. The molecule has 2 aromatic carbocycles. The molecule has 0 aliphatic rings. The Morgan fingerprint density at radius 2 is 1.68 bits per heavy atom. The number of hydrogen-bond acceptors (Lipinski definition) is 4. The van der Waals surface area contributed by atoms with Crippen LogP contribution in [0.1, 0.15) is 50.3 Å². The molecule has 0 radical (unpaired) electrons. The minimum Gasteiger partial charge on any atom is -0.352 e. The Hall–Kier alpha value is -3.08.